The van der Waals surface area contributed by atoms with Gasteiger partial charge in [0.15, 0.2) is 0 Å². The van der Waals surface area contributed by atoms with E-state index in [1.165, 1.54) is 4.90 Å². The van der Waals surface area contributed by atoms with Crippen LogP contribution in [0.1, 0.15) is 6.42 Å². The van der Waals surface area contributed by atoms with Crippen LogP contribution in [0.15, 0.2) is 28.7 Å². The topological polar surface area (TPSA) is 43.9 Å². The molecule has 0 aliphatic carbocycles. The Morgan fingerprint density at radius 1 is 1.14 bits per heavy atom. The van der Waals surface area contributed by atoms with Gasteiger partial charge in [0.05, 0.1) is 18.2 Å². The summed E-state index contributed by atoms with van der Waals surface area (Å²) in [6, 6.07) is 7.02. The van der Waals surface area contributed by atoms with Gasteiger partial charge in [-0.15, -0.1) is 0 Å². The SMILES string of the molecule is CN1CCN([C@@H]2CC(=O)N(c3cccc(Br)c3)C2=O)CC1. The van der Waals surface area contributed by atoms with Gasteiger partial charge < -0.3 is 4.90 Å². The van der Waals surface area contributed by atoms with E-state index in [-0.39, 0.29) is 24.3 Å². The highest BCUT2D eigenvalue weighted by molar-refractivity contribution is 9.10. The second kappa shape index (κ2) is 5.87. The fourth-order valence-electron chi connectivity index (χ4n) is 2.92. The summed E-state index contributed by atoms with van der Waals surface area (Å²) in [5.74, 6) is -0.204. The van der Waals surface area contributed by atoms with Crippen LogP contribution in [-0.4, -0.2) is 60.9 Å². The molecule has 1 aromatic carbocycles. The van der Waals surface area contributed by atoms with Crippen molar-refractivity contribution in [1.29, 1.82) is 0 Å². The molecule has 6 heteroatoms. The van der Waals surface area contributed by atoms with E-state index in [1.807, 2.05) is 18.2 Å². The van der Waals surface area contributed by atoms with Gasteiger partial charge in [-0.1, -0.05) is 22.0 Å². The predicted octanol–water partition coefficient (Wildman–Crippen LogP) is 1.33. The van der Waals surface area contributed by atoms with Gasteiger partial charge in [0.25, 0.3) is 5.91 Å². The predicted molar refractivity (Wildman–Crippen MR) is 84.1 cm³/mol. The number of amides is 2. The van der Waals surface area contributed by atoms with Crippen LogP contribution in [-0.2, 0) is 9.59 Å². The summed E-state index contributed by atoms with van der Waals surface area (Å²) in [7, 11) is 2.08. The summed E-state index contributed by atoms with van der Waals surface area (Å²) in [5.41, 5.74) is 0.649. The Kier molecular flexibility index (Phi) is 4.10. The molecule has 21 heavy (non-hydrogen) atoms. The van der Waals surface area contributed by atoms with E-state index >= 15 is 0 Å². The van der Waals surface area contributed by atoms with Crippen molar-refractivity contribution in [2.24, 2.45) is 0 Å². The van der Waals surface area contributed by atoms with Gasteiger partial charge in [-0.2, -0.15) is 0 Å². The molecular formula is C15H18BrN3O2. The van der Waals surface area contributed by atoms with Crippen molar-refractivity contribution in [2.45, 2.75) is 12.5 Å². The number of benzene rings is 1. The lowest BCUT2D eigenvalue weighted by Crippen LogP contribution is -2.51. The van der Waals surface area contributed by atoms with Crippen molar-refractivity contribution < 1.29 is 9.59 Å². The second-order valence-corrected chi connectivity index (χ2v) is 6.52. The van der Waals surface area contributed by atoms with E-state index in [2.05, 4.69) is 32.8 Å². The molecule has 3 rings (SSSR count). The van der Waals surface area contributed by atoms with Crippen LogP contribution in [0.3, 0.4) is 0 Å². The zero-order chi connectivity index (χ0) is 15.0. The largest absolute Gasteiger partial charge is 0.304 e. The van der Waals surface area contributed by atoms with Gasteiger partial charge in [-0.25, -0.2) is 4.90 Å². The maximum absolute atomic E-state index is 12.6. The quantitative estimate of drug-likeness (QED) is 0.754. The molecule has 2 amide bonds. The Morgan fingerprint density at radius 3 is 2.52 bits per heavy atom. The zero-order valence-electron chi connectivity index (χ0n) is 12.0. The Hall–Kier alpha value is -1.24. The van der Waals surface area contributed by atoms with Crippen molar-refractivity contribution in [1.82, 2.24) is 9.80 Å². The lowest BCUT2D eigenvalue weighted by Gasteiger charge is -2.35. The van der Waals surface area contributed by atoms with Gasteiger partial charge in [0.2, 0.25) is 5.91 Å². The fourth-order valence-corrected chi connectivity index (χ4v) is 3.31. The van der Waals surface area contributed by atoms with Gasteiger partial charge in [-0.3, -0.25) is 14.5 Å². The molecule has 2 aliphatic rings. The van der Waals surface area contributed by atoms with Gasteiger partial charge in [0.1, 0.15) is 0 Å². The van der Waals surface area contributed by atoms with Gasteiger partial charge >= 0.3 is 0 Å². The Labute approximate surface area is 132 Å². The van der Waals surface area contributed by atoms with Crippen LogP contribution < -0.4 is 4.90 Å². The molecule has 0 N–H and O–H groups in total. The van der Waals surface area contributed by atoms with Crippen molar-refractivity contribution in [3.8, 4) is 0 Å². The number of imide groups is 1. The van der Waals surface area contributed by atoms with E-state index in [4.69, 9.17) is 0 Å². The van der Waals surface area contributed by atoms with E-state index in [0.717, 1.165) is 30.7 Å². The molecule has 1 aromatic rings. The summed E-state index contributed by atoms with van der Waals surface area (Å²) >= 11 is 3.38. The third kappa shape index (κ3) is 2.88. The molecule has 112 valence electrons. The lowest BCUT2D eigenvalue weighted by molar-refractivity contribution is -0.123. The first-order valence-corrected chi connectivity index (χ1v) is 7.90. The normalized spacial score (nSPS) is 24.9. The van der Waals surface area contributed by atoms with Crippen molar-refractivity contribution in [2.75, 3.05) is 38.1 Å². The molecule has 0 spiro atoms. The molecule has 2 heterocycles. The van der Waals surface area contributed by atoms with E-state index in [9.17, 15) is 9.59 Å². The molecule has 0 saturated carbocycles. The summed E-state index contributed by atoms with van der Waals surface area (Å²) < 4.78 is 0.864. The van der Waals surface area contributed by atoms with Crippen LogP contribution in [0.4, 0.5) is 5.69 Å². The van der Waals surface area contributed by atoms with Crippen molar-refractivity contribution >= 4 is 33.4 Å². The van der Waals surface area contributed by atoms with Crippen LogP contribution in [0.25, 0.3) is 0 Å². The van der Waals surface area contributed by atoms with E-state index in [1.54, 1.807) is 6.07 Å². The summed E-state index contributed by atoms with van der Waals surface area (Å²) in [6.07, 6.45) is 0.287. The highest BCUT2D eigenvalue weighted by atomic mass is 79.9. The number of piperazine rings is 1. The first-order valence-electron chi connectivity index (χ1n) is 7.11. The minimum absolute atomic E-state index is 0.0948. The number of halogens is 1. The van der Waals surface area contributed by atoms with E-state index in [0.29, 0.717) is 5.69 Å². The molecule has 1 atom stereocenters. The van der Waals surface area contributed by atoms with E-state index < -0.39 is 0 Å². The Bertz CT molecular complexity index is 570. The maximum Gasteiger partial charge on any atom is 0.251 e. The molecule has 0 aromatic heterocycles. The molecular weight excluding hydrogens is 334 g/mol. The fraction of sp³-hybridized carbons (Fsp3) is 0.467. The molecule has 2 fully saturated rings. The molecule has 2 aliphatic heterocycles. The minimum atomic E-state index is -0.301. The third-order valence-corrected chi connectivity index (χ3v) is 4.66. The first kappa shape index (κ1) is 14.7. The smallest absolute Gasteiger partial charge is 0.251 e. The van der Waals surface area contributed by atoms with Crippen molar-refractivity contribution in [3.05, 3.63) is 28.7 Å². The highest BCUT2D eigenvalue weighted by Gasteiger charge is 2.43. The summed E-state index contributed by atoms with van der Waals surface area (Å²) in [5, 5.41) is 0. The highest BCUT2D eigenvalue weighted by Crippen LogP contribution is 2.28. The minimum Gasteiger partial charge on any atom is -0.304 e. The van der Waals surface area contributed by atoms with Crippen LogP contribution in [0.5, 0.6) is 0 Å². The Morgan fingerprint density at radius 2 is 1.86 bits per heavy atom. The van der Waals surface area contributed by atoms with Crippen LogP contribution in [0.2, 0.25) is 0 Å². The van der Waals surface area contributed by atoms with Crippen molar-refractivity contribution in [3.63, 3.8) is 0 Å². The second-order valence-electron chi connectivity index (χ2n) is 5.61. The standard InChI is InChI=1S/C15H18BrN3O2/c1-17-5-7-18(8-6-17)13-10-14(20)19(15(13)21)12-4-2-3-11(16)9-12/h2-4,9,13H,5-8,10H2,1H3/t13-/m1/s1. The third-order valence-electron chi connectivity index (χ3n) is 4.17. The molecule has 2 saturated heterocycles. The number of hydrogen-bond donors (Lipinski definition) is 0. The average Bonchev–Trinajstić information content (AvgIpc) is 2.75. The molecule has 0 radical (unpaired) electrons. The average molecular weight is 352 g/mol. The summed E-state index contributed by atoms with van der Waals surface area (Å²) in [4.78, 5) is 30.6. The Balaban J connectivity index is 1.79. The zero-order valence-corrected chi connectivity index (χ0v) is 13.5. The summed E-state index contributed by atoms with van der Waals surface area (Å²) in [6.45, 7) is 3.56. The monoisotopic (exact) mass is 351 g/mol. The van der Waals surface area contributed by atoms with Crippen LogP contribution in [0, 0.1) is 0 Å². The number of carbonyl (C=O) groups excluding carboxylic acids is 2. The number of likely N-dealkylation sites (N-methyl/N-ethyl adjacent to an activating group) is 1. The molecule has 0 bridgehead atoms. The molecule has 5 nitrogen and oxygen atoms in total. The molecule has 0 unspecified atom stereocenters. The lowest BCUT2D eigenvalue weighted by atomic mass is 10.2. The van der Waals surface area contributed by atoms with Gasteiger partial charge in [-0.05, 0) is 25.2 Å². The first-order chi connectivity index (χ1) is 10.1. The van der Waals surface area contributed by atoms with Gasteiger partial charge in [0, 0.05) is 30.7 Å². The maximum atomic E-state index is 12.6. The number of carbonyl (C=O) groups is 2. The van der Waals surface area contributed by atoms with Crippen LogP contribution >= 0.6 is 15.9 Å². The number of nitrogens with zero attached hydrogens (tertiary/aromatic N) is 3. The number of anilines is 1. The number of rotatable bonds is 2. The number of hydrogen-bond acceptors (Lipinski definition) is 4.